The summed E-state index contributed by atoms with van der Waals surface area (Å²) in [4.78, 5) is 5.18. The predicted octanol–water partition coefficient (Wildman–Crippen LogP) is 11.8. The van der Waals surface area contributed by atoms with Gasteiger partial charge in [0.1, 0.15) is 0 Å². The molecule has 48 heavy (non-hydrogen) atoms. The van der Waals surface area contributed by atoms with E-state index in [1.807, 2.05) is 0 Å². The molecule has 0 radical (unpaired) electrons. The highest BCUT2D eigenvalue weighted by molar-refractivity contribution is 6.31. The molecule has 11 rings (SSSR count). The summed E-state index contributed by atoms with van der Waals surface area (Å²) in [5.41, 5.74) is 11.4. The van der Waals surface area contributed by atoms with Crippen molar-refractivity contribution in [3.05, 3.63) is 164 Å². The highest BCUT2D eigenvalue weighted by atomic mass is 15.0. The molecule has 0 aliphatic carbocycles. The Morgan fingerprint density at radius 1 is 0.354 bits per heavy atom. The minimum Gasteiger partial charge on any atom is -0.309 e. The first-order valence-corrected chi connectivity index (χ1v) is 16.5. The third-order valence-corrected chi connectivity index (χ3v) is 10.2. The van der Waals surface area contributed by atoms with Crippen LogP contribution < -0.4 is 0 Å². The molecule has 11 aromatic rings. The van der Waals surface area contributed by atoms with Crippen molar-refractivity contribution in [1.29, 1.82) is 0 Å². The molecule has 0 bridgehead atoms. The first kappa shape index (κ1) is 25.7. The van der Waals surface area contributed by atoms with Gasteiger partial charge < -0.3 is 8.97 Å². The maximum absolute atomic E-state index is 5.18. The molecule has 7 aromatic carbocycles. The summed E-state index contributed by atoms with van der Waals surface area (Å²) in [6, 6.07) is 59.2. The molecule has 222 valence electrons. The fourth-order valence-corrected chi connectivity index (χ4v) is 8.22. The molecule has 3 nitrogen and oxygen atoms in total. The first-order valence-electron chi connectivity index (χ1n) is 16.5. The second-order valence-electron chi connectivity index (χ2n) is 12.8. The molecule has 0 saturated heterocycles. The van der Waals surface area contributed by atoms with Gasteiger partial charge in [0.15, 0.2) is 0 Å². The molecule has 0 unspecified atom stereocenters. The van der Waals surface area contributed by atoms with Crippen LogP contribution in [-0.2, 0) is 0 Å². The molecule has 0 aliphatic rings. The lowest BCUT2D eigenvalue weighted by atomic mass is 10.00. The van der Waals surface area contributed by atoms with E-state index in [1.165, 1.54) is 70.7 Å². The van der Waals surface area contributed by atoms with Gasteiger partial charge in [0, 0.05) is 48.8 Å². The molecule has 4 aromatic heterocycles. The Morgan fingerprint density at radius 3 is 1.56 bits per heavy atom. The van der Waals surface area contributed by atoms with Crippen LogP contribution in [0.4, 0.5) is 0 Å². The van der Waals surface area contributed by atoms with Crippen LogP contribution >= 0.6 is 0 Å². The van der Waals surface area contributed by atoms with E-state index in [0.717, 1.165) is 28.2 Å². The van der Waals surface area contributed by atoms with Gasteiger partial charge in [-0.15, -0.1) is 0 Å². The van der Waals surface area contributed by atoms with Gasteiger partial charge in [-0.25, -0.2) is 4.98 Å². The van der Waals surface area contributed by atoms with Crippen LogP contribution in [0.3, 0.4) is 0 Å². The van der Waals surface area contributed by atoms with Crippen LogP contribution in [0, 0.1) is 0 Å². The smallest absolute Gasteiger partial charge is 0.0730 e. The average molecular weight is 610 g/mol. The predicted molar refractivity (Wildman–Crippen MR) is 202 cm³/mol. The molecule has 0 amide bonds. The molecule has 0 N–H and O–H groups in total. The Morgan fingerprint density at radius 2 is 0.854 bits per heavy atom. The number of benzene rings is 7. The second-order valence-corrected chi connectivity index (χ2v) is 12.8. The van der Waals surface area contributed by atoms with Gasteiger partial charge in [-0.2, -0.15) is 0 Å². The molecule has 0 aliphatic heterocycles. The maximum atomic E-state index is 5.18. The number of para-hydroxylation sites is 3. The lowest BCUT2D eigenvalue weighted by molar-refractivity contribution is 1.16. The quantitative estimate of drug-likeness (QED) is 0.195. The van der Waals surface area contributed by atoms with Crippen molar-refractivity contribution in [3.63, 3.8) is 0 Å². The Labute approximate surface area is 275 Å². The zero-order valence-corrected chi connectivity index (χ0v) is 25.9. The molecular formula is C45H27N3. The Balaban J connectivity index is 1.27. The van der Waals surface area contributed by atoms with Gasteiger partial charge in [-0.1, -0.05) is 133 Å². The fourth-order valence-electron chi connectivity index (χ4n) is 8.22. The standard InChI is InChI=1S/C45H27N3/c1-3-12-28(13-4-1)38-26-30(27-39(46-38)29-14-5-2-6-15-29)47-41-21-10-8-17-37(41)43-32-22-23-36-34-19-11-18-33-31-16-7-9-20-40(31)48(44(33)34)45(36)35(32)24-25-42(43)47/h1-27H. The lowest BCUT2D eigenvalue weighted by Gasteiger charge is -2.13. The van der Waals surface area contributed by atoms with E-state index in [9.17, 15) is 0 Å². The van der Waals surface area contributed by atoms with Crippen molar-refractivity contribution in [3.8, 4) is 28.2 Å². The van der Waals surface area contributed by atoms with Crippen molar-refractivity contribution < 1.29 is 0 Å². The molecule has 3 heteroatoms. The van der Waals surface area contributed by atoms with Crippen molar-refractivity contribution in [2.24, 2.45) is 0 Å². The monoisotopic (exact) mass is 609 g/mol. The number of hydrogen-bond acceptors (Lipinski definition) is 1. The largest absolute Gasteiger partial charge is 0.309 e. The van der Waals surface area contributed by atoms with E-state index in [4.69, 9.17) is 4.98 Å². The van der Waals surface area contributed by atoms with Crippen LogP contribution in [0.5, 0.6) is 0 Å². The van der Waals surface area contributed by atoms with Crippen LogP contribution in [-0.4, -0.2) is 14.0 Å². The fraction of sp³-hybridized carbons (Fsp3) is 0. The summed E-state index contributed by atoms with van der Waals surface area (Å²) >= 11 is 0. The number of pyridine rings is 1. The van der Waals surface area contributed by atoms with Crippen LogP contribution in [0.15, 0.2) is 164 Å². The number of hydrogen-bond donors (Lipinski definition) is 0. The molecule has 4 heterocycles. The minimum absolute atomic E-state index is 0.956. The third-order valence-electron chi connectivity index (χ3n) is 10.2. The molecule has 0 fully saturated rings. The van der Waals surface area contributed by atoms with Gasteiger partial charge in [0.25, 0.3) is 0 Å². The van der Waals surface area contributed by atoms with Crippen molar-refractivity contribution in [1.82, 2.24) is 14.0 Å². The average Bonchev–Trinajstić information content (AvgIpc) is 3.81. The topological polar surface area (TPSA) is 22.2 Å². The van der Waals surface area contributed by atoms with E-state index in [1.54, 1.807) is 0 Å². The normalized spacial score (nSPS) is 12.2. The van der Waals surface area contributed by atoms with Crippen LogP contribution in [0.1, 0.15) is 0 Å². The van der Waals surface area contributed by atoms with Crippen molar-refractivity contribution in [2.75, 3.05) is 0 Å². The summed E-state index contributed by atoms with van der Waals surface area (Å²) in [5.74, 6) is 0. The van der Waals surface area contributed by atoms with Gasteiger partial charge in [-0.05, 0) is 35.7 Å². The molecule has 0 saturated carbocycles. The summed E-state index contributed by atoms with van der Waals surface area (Å²) in [6.07, 6.45) is 0. The zero-order chi connectivity index (χ0) is 31.3. The van der Waals surface area contributed by atoms with Gasteiger partial charge in [0.2, 0.25) is 0 Å². The summed E-state index contributed by atoms with van der Waals surface area (Å²) in [7, 11) is 0. The summed E-state index contributed by atoms with van der Waals surface area (Å²) < 4.78 is 4.93. The van der Waals surface area contributed by atoms with E-state index >= 15 is 0 Å². The Kier molecular flexibility index (Phi) is 5.11. The molecule has 0 spiro atoms. The second kappa shape index (κ2) is 9.54. The Bertz CT molecular complexity index is 2980. The van der Waals surface area contributed by atoms with Crippen molar-refractivity contribution >= 4 is 70.7 Å². The zero-order valence-electron chi connectivity index (χ0n) is 25.9. The van der Waals surface area contributed by atoms with E-state index in [2.05, 4.69) is 173 Å². The number of fused-ring (bicyclic) bond motifs is 12. The van der Waals surface area contributed by atoms with Gasteiger partial charge in [0.05, 0.1) is 44.7 Å². The SMILES string of the molecule is c1ccc(-c2cc(-n3c4ccccc4c4c5ccc6c7cccc8c9ccccc9n(c6c5ccc43)c87)cc(-c3ccccc3)n2)cc1. The summed E-state index contributed by atoms with van der Waals surface area (Å²) in [6.45, 7) is 0. The van der Waals surface area contributed by atoms with Gasteiger partial charge >= 0.3 is 0 Å². The minimum atomic E-state index is 0.956. The van der Waals surface area contributed by atoms with Crippen LogP contribution in [0.2, 0.25) is 0 Å². The van der Waals surface area contributed by atoms with E-state index in [-0.39, 0.29) is 0 Å². The molecular weight excluding hydrogens is 583 g/mol. The maximum Gasteiger partial charge on any atom is 0.0730 e. The lowest BCUT2D eigenvalue weighted by Crippen LogP contribution is -1.98. The number of aromatic nitrogens is 3. The number of nitrogens with zero attached hydrogens (tertiary/aromatic N) is 3. The highest BCUT2D eigenvalue weighted by Gasteiger charge is 2.21. The van der Waals surface area contributed by atoms with E-state index < -0.39 is 0 Å². The van der Waals surface area contributed by atoms with Crippen molar-refractivity contribution in [2.45, 2.75) is 0 Å². The van der Waals surface area contributed by atoms with Gasteiger partial charge in [-0.3, -0.25) is 0 Å². The van der Waals surface area contributed by atoms with E-state index in [0.29, 0.717) is 0 Å². The first-order chi connectivity index (χ1) is 23.8. The third kappa shape index (κ3) is 3.40. The summed E-state index contributed by atoms with van der Waals surface area (Å²) in [5, 5.41) is 10.3. The highest BCUT2D eigenvalue weighted by Crippen LogP contribution is 2.44. The Hall–Kier alpha value is -6.45. The van der Waals surface area contributed by atoms with Crippen LogP contribution in [0.25, 0.3) is 98.9 Å². The molecule has 0 atom stereocenters. The number of rotatable bonds is 3.